The van der Waals surface area contributed by atoms with E-state index >= 15 is 0 Å². The first kappa shape index (κ1) is 22.2. The number of methoxy groups -OCH3 is 2. The van der Waals surface area contributed by atoms with E-state index < -0.39 is 23.8 Å². The van der Waals surface area contributed by atoms with Crippen molar-refractivity contribution in [3.8, 4) is 0 Å². The second-order valence-corrected chi connectivity index (χ2v) is 7.11. The Morgan fingerprint density at radius 2 is 1.71 bits per heavy atom. The standard InChI is InChI=1S/C23H24N2O6/c1-30-12-6-11-25-21(27)17-10-9-16(14-18(17)22(25)28)20(26)24-19(23(29)31-2)13-15-7-4-3-5-8-15/h3-5,7-10,14,19H,6,11-13H2,1-2H3,(H,24,26)/t19-/m0/s1. The van der Waals surface area contributed by atoms with Gasteiger partial charge in [-0.15, -0.1) is 0 Å². The molecular weight excluding hydrogens is 400 g/mol. The maximum atomic E-state index is 12.8. The third kappa shape index (κ3) is 4.97. The van der Waals surface area contributed by atoms with Crippen LogP contribution in [-0.4, -0.2) is 62.0 Å². The molecule has 0 spiro atoms. The van der Waals surface area contributed by atoms with E-state index in [0.29, 0.717) is 13.0 Å². The fourth-order valence-corrected chi connectivity index (χ4v) is 3.43. The Labute approximate surface area is 180 Å². The molecule has 1 aliphatic rings. The van der Waals surface area contributed by atoms with Gasteiger partial charge in [0.2, 0.25) is 0 Å². The number of nitrogens with one attached hydrogen (secondary N) is 1. The Balaban J connectivity index is 1.76. The molecule has 0 radical (unpaired) electrons. The van der Waals surface area contributed by atoms with Crippen LogP contribution in [0.3, 0.4) is 0 Å². The summed E-state index contributed by atoms with van der Waals surface area (Å²) in [5.74, 6) is -1.94. The molecule has 0 saturated carbocycles. The Bertz CT molecular complexity index is 989. The van der Waals surface area contributed by atoms with E-state index in [1.807, 2.05) is 30.3 Å². The number of fused-ring (bicyclic) bond motifs is 1. The van der Waals surface area contributed by atoms with Gasteiger partial charge in [-0.1, -0.05) is 30.3 Å². The summed E-state index contributed by atoms with van der Waals surface area (Å²) in [6.07, 6.45) is 0.782. The van der Waals surface area contributed by atoms with Crippen molar-refractivity contribution in [1.29, 1.82) is 0 Å². The van der Waals surface area contributed by atoms with E-state index in [2.05, 4.69) is 5.32 Å². The van der Waals surface area contributed by atoms with Crippen LogP contribution < -0.4 is 5.32 Å². The lowest BCUT2D eigenvalue weighted by Crippen LogP contribution is -2.43. The van der Waals surface area contributed by atoms with Crippen LogP contribution >= 0.6 is 0 Å². The van der Waals surface area contributed by atoms with Gasteiger partial charge in [-0.2, -0.15) is 0 Å². The summed E-state index contributed by atoms with van der Waals surface area (Å²) >= 11 is 0. The van der Waals surface area contributed by atoms with E-state index in [0.717, 1.165) is 10.5 Å². The third-order valence-electron chi connectivity index (χ3n) is 5.04. The molecule has 8 heteroatoms. The van der Waals surface area contributed by atoms with Gasteiger partial charge < -0.3 is 14.8 Å². The van der Waals surface area contributed by atoms with Gasteiger partial charge in [0.25, 0.3) is 17.7 Å². The first-order valence-electron chi connectivity index (χ1n) is 9.88. The minimum Gasteiger partial charge on any atom is -0.467 e. The summed E-state index contributed by atoms with van der Waals surface area (Å²) in [5.41, 5.74) is 1.47. The van der Waals surface area contributed by atoms with Crippen LogP contribution in [0.5, 0.6) is 0 Å². The van der Waals surface area contributed by atoms with Crippen molar-refractivity contribution >= 4 is 23.7 Å². The van der Waals surface area contributed by atoms with Crippen LogP contribution in [0.2, 0.25) is 0 Å². The molecule has 2 aromatic rings. The predicted octanol–water partition coefficient (Wildman–Crippen LogP) is 1.83. The lowest BCUT2D eigenvalue weighted by molar-refractivity contribution is -0.142. The number of carbonyl (C=O) groups is 4. The summed E-state index contributed by atoms with van der Waals surface area (Å²) in [6.45, 7) is 0.667. The molecule has 0 unspecified atom stereocenters. The van der Waals surface area contributed by atoms with Crippen molar-refractivity contribution in [2.45, 2.75) is 18.9 Å². The SMILES string of the molecule is COCCCN1C(=O)c2ccc(C(=O)N[C@@H](Cc3ccccc3)C(=O)OC)cc2C1=O. The monoisotopic (exact) mass is 424 g/mol. The van der Waals surface area contributed by atoms with Crippen LogP contribution in [0.4, 0.5) is 0 Å². The molecule has 162 valence electrons. The lowest BCUT2D eigenvalue weighted by Gasteiger charge is -2.17. The molecule has 2 aromatic carbocycles. The van der Waals surface area contributed by atoms with Gasteiger partial charge in [-0.25, -0.2) is 4.79 Å². The maximum Gasteiger partial charge on any atom is 0.328 e. The zero-order chi connectivity index (χ0) is 22.4. The van der Waals surface area contributed by atoms with Gasteiger partial charge in [0.15, 0.2) is 0 Å². The first-order chi connectivity index (χ1) is 15.0. The summed E-state index contributed by atoms with van der Waals surface area (Å²) in [5, 5.41) is 2.66. The van der Waals surface area contributed by atoms with Crippen LogP contribution in [0.15, 0.2) is 48.5 Å². The van der Waals surface area contributed by atoms with Crippen molar-refractivity contribution in [3.63, 3.8) is 0 Å². The summed E-state index contributed by atoms with van der Waals surface area (Å²) in [4.78, 5) is 51.3. The molecule has 0 aliphatic carbocycles. The largest absolute Gasteiger partial charge is 0.467 e. The van der Waals surface area contributed by atoms with Crippen molar-refractivity contribution in [3.05, 3.63) is 70.8 Å². The second kappa shape index (κ2) is 9.99. The number of amides is 3. The Morgan fingerprint density at radius 3 is 2.39 bits per heavy atom. The number of benzene rings is 2. The molecule has 0 fully saturated rings. The predicted molar refractivity (Wildman–Crippen MR) is 112 cm³/mol. The van der Waals surface area contributed by atoms with E-state index in [9.17, 15) is 19.2 Å². The summed E-state index contributed by atoms with van der Waals surface area (Å²) in [7, 11) is 2.80. The molecule has 31 heavy (non-hydrogen) atoms. The van der Waals surface area contributed by atoms with Crippen LogP contribution in [0.1, 0.15) is 43.1 Å². The average Bonchev–Trinajstić information content (AvgIpc) is 3.03. The van der Waals surface area contributed by atoms with Crippen molar-refractivity contribution in [1.82, 2.24) is 10.2 Å². The quantitative estimate of drug-likeness (QED) is 0.374. The summed E-state index contributed by atoms with van der Waals surface area (Å²) in [6, 6.07) is 12.7. The second-order valence-electron chi connectivity index (χ2n) is 7.11. The van der Waals surface area contributed by atoms with E-state index in [1.165, 1.54) is 25.3 Å². The van der Waals surface area contributed by atoms with Gasteiger partial charge >= 0.3 is 5.97 Å². The molecule has 0 saturated heterocycles. The van der Waals surface area contributed by atoms with Gasteiger partial charge in [0, 0.05) is 32.2 Å². The topological polar surface area (TPSA) is 102 Å². The van der Waals surface area contributed by atoms with Crippen molar-refractivity contribution in [2.75, 3.05) is 27.4 Å². The fourth-order valence-electron chi connectivity index (χ4n) is 3.43. The highest BCUT2D eigenvalue weighted by Crippen LogP contribution is 2.24. The molecule has 3 rings (SSSR count). The number of nitrogens with zero attached hydrogens (tertiary/aromatic N) is 1. The molecule has 1 heterocycles. The van der Waals surface area contributed by atoms with Crippen molar-refractivity contribution in [2.24, 2.45) is 0 Å². The van der Waals surface area contributed by atoms with Gasteiger partial charge in [0.1, 0.15) is 6.04 Å². The van der Waals surface area contributed by atoms with E-state index in [4.69, 9.17) is 9.47 Å². The van der Waals surface area contributed by atoms with Gasteiger partial charge in [-0.05, 0) is 30.2 Å². The number of carbonyl (C=O) groups excluding carboxylic acids is 4. The van der Waals surface area contributed by atoms with Crippen LogP contribution in [0, 0.1) is 0 Å². The molecule has 3 amide bonds. The number of rotatable bonds is 9. The van der Waals surface area contributed by atoms with Gasteiger partial charge in [-0.3, -0.25) is 19.3 Å². The molecular formula is C23H24N2O6. The van der Waals surface area contributed by atoms with Crippen LogP contribution in [0.25, 0.3) is 0 Å². The highest BCUT2D eigenvalue weighted by atomic mass is 16.5. The minimum atomic E-state index is -0.893. The van der Waals surface area contributed by atoms with E-state index in [-0.39, 0.29) is 35.6 Å². The molecule has 1 atom stereocenters. The molecule has 0 bridgehead atoms. The first-order valence-corrected chi connectivity index (χ1v) is 9.88. The third-order valence-corrected chi connectivity index (χ3v) is 5.04. The van der Waals surface area contributed by atoms with Crippen LogP contribution in [-0.2, 0) is 20.7 Å². The number of imide groups is 1. The zero-order valence-electron chi connectivity index (χ0n) is 17.4. The Kier molecular flexibility index (Phi) is 7.15. The Hall–Kier alpha value is -3.52. The number of esters is 1. The number of ether oxygens (including phenoxy) is 2. The molecule has 0 aromatic heterocycles. The highest BCUT2D eigenvalue weighted by molar-refractivity contribution is 6.22. The van der Waals surface area contributed by atoms with E-state index in [1.54, 1.807) is 7.11 Å². The lowest BCUT2D eigenvalue weighted by atomic mass is 10.0. The molecule has 1 aliphatic heterocycles. The summed E-state index contributed by atoms with van der Waals surface area (Å²) < 4.78 is 9.79. The zero-order valence-corrected chi connectivity index (χ0v) is 17.4. The molecule has 8 nitrogen and oxygen atoms in total. The van der Waals surface area contributed by atoms with Gasteiger partial charge in [0.05, 0.1) is 18.2 Å². The normalized spacial score (nSPS) is 13.7. The Morgan fingerprint density at radius 1 is 1.00 bits per heavy atom. The number of hydrogen-bond acceptors (Lipinski definition) is 6. The highest BCUT2D eigenvalue weighted by Gasteiger charge is 2.35. The minimum absolute atomic E-state index is 0.174. The smallest absolute Gasteiger partial charge is 0.328 e. The molecule has 1 N–H and O–H groups in total. The number of hydrogen-bond donors (Lipinski definition) is 1. The maximum absolute atomic E-state index is 12.8. The van der Waals surface area contributed by atoms with Crippen molar-refractivity contribution < 1.29 is 28.7 Å². The average molecular weight is 424 g/mol. The fraction of sp³-hybridized carbons (Fsp3) is 0.304.